The molecule has 1 saturated carbocycles. The normalized spacial score (nSPS) is 22.5. The fourth-order valence-corrected chi connectivity index (χ4v) is 5.14. The summed E-state index contributed by atoms with van der Waals surface area (Å²) in [5, 5.41) is 13.9. The van der Waals surface area contributed by atoms with Crippen molar-refractivity contribution in [2.24, 2.45) is 5.92 Å². The number of hydrogen-bond donors (Lipinski definition) is 1. The number of carbonyl (C=O) groups excluding carboxylic acids is 1. The number of hydrogen-bond acceptors (Lipinski definition) is 8. The summed E-state index contributed by atoms with van der Waals surface area (Å²) in [6.07, 6.45) is 5.72. The molecule has 0 atom stereocenters. The second-order valence-corrected chi connectivity index (χ2v) is 9.41. The van der Waals surface area contributed by atoms with E-state index in [0.29, 0.717) is 11.9 Å². The van der Waals surface area contributed by atoms with Crippen molar-refractivity contribution in [1.29, 1.82) is 0 Å². The van der Waals surface area contributed by atoms with Crippen LogP contribution in [0, 0.1) is 12.8 Å². The molecular weight excluding hydrogens is 412 g/mol. The van der Waals surface area contributed by atoms with Crippen molar-refractivity contribution in [3.05, 3.63) is 29.4 Å². The molecule has 1 saturated heterocycles. The molecule has 1 aliphatic heterocycles. The van der Waals surface area contributed by atoms with Crippen molar-refractivity contribution in [3.8, 4) is 10.7 Å². The van der Waals surface area contributed by atoms with E-state index in [0.717, 1.165) is 78.6 Å². The predicted molar refractivity (Wildman–Crippen MR) is 120 cm³/mol. The fourth-order valence-electron chi connectivity index (χ4n) is 4.48. The lowest BCUT2D eigenvalue weighted by Gasteiger charge is -2.38. The van der Waals surface area contributed by atoms with E-state index in [4.69, 9.17) is 9.72 Å². The molecule has 3 aromatic heterocycles. The summed E-state index contributed by atoms with van der Waals surface area (Å²) in [6, 6.07) is 6.32. The Kier molecular flexibility index (Phi) is 5.89. The average Bonchev–Trinajstić information content (AvgIpc) is 3.25. The van der Waals surface area contributed by atoms with Crippen molar-refractivity contribution in [1.82, 2.24) is 25.1 Å². The fraction of sp³-hybridized carbons (Fsp3) is 0.500. The minimum absolute atomic E-state index is 0.0402. The minimum atomic E-state index is 0.0402. The van der Waals surface area contributed by atoms with Gasteiger partial charge in [0.25, 0.3) is 0 Å². The zero-order chi connectivity index (χ0) is 21.2. The van der Waals surface area contributed by atoms with Gasteiger partial charge in [0.05, 0.1) is 18.7 Å². The third-order valence-electron chi connectivity index (χ3n) is 6.20. The van der Waals surface area contributed by atoms with Gasteiger partial charge >= 0.3 is 0 Å². The molecule has 9 heteroatoms. The van der Waals surface area contributed by atoms with Crippen molar-refractivity contribution in [2.45, 2.75) is 38.6 Å². The molecule has 3 aromatic rings. The number of rotatable bonds is 4. The summed E-state index contributed by atoms with van der Waals surface area (Å²) in [6.45, 7) is 5.58. The van der Waals surface area contributed by atoms with Crippen LogP contribution in [0.4, 0.5) is 5.82 Å². The summed E-state index contributed by atoms with van der Waals surface area (Å²) < 4.78 is 5.46. The second kappa shape index (κ2) is 8.94. The lowest BCUT2D eigenvalue weighted by molar-refractivity contribution is -0.121. The number of ether oxygens (including phenoxy) is 1. The van der Waals surface area contributed by atoms with Gasteiger partial charge in [-0.2, -0.15) is 0 Å². The molecule has 0 radical (unpaired) electrons. The molecular formula is C22H26N6O2S. The third-order valence-corrected chi connectivity index (χ3v) is 7.06. The number of fused-ring (bicyclic) bond motifs is 1. The summed E-state index contributed by atoms with van der Waals surface area (Å²) >= 11 is 1.51. The number of morpholine rings is 1. The van der Waals surface area contributed by atoms with Gasteiger partial charge in [-0.15, -0.1) is 10.2 Å². The Morgan fingerprint density at radius 1 is 1.16 bits per heavy atom. The van der Waals surface area contributed by atoms with E-state index in [1.165, 1.54) is 11.3 Å². The van der Waals surface area contributed by atoms with Crippen LogP contribution in [0.1, 0.15) is 30.7 Å². The first-order chi connectivity index (χ1) is 15.2. The molecule has 1 aliphatic carbocycles. The van der Waals surface area contributed by atoms with E-state index >= 15 is 0 Å². The number of aryl methyl sites for hydroxylation is 1. The number of amides is 1. The molecule has 4 heterocycles. The molecule has 0 bridgehead atoms. The molecule has 31 heavy (non-hydrogen) atoms. The van der Waals surface area contributed by atoms with Gasteiger partial charge in [-0.1, -0.05) is 11.3 Å². The van der Waals surface area contributed by atoms with Crippen molar-refractivity contribution in [2.75, 3.05) is 31.6 Å². The van der Waals surface area contributed by atoms with Crippen LogP contribution >= 0.6 is 11.3 Å². The van der Waals surface area contributed by atoms with E-state index in [1.54, 1.807) is 6.20 Å². The molecule has 0 unspecified atom stereocenters. The molecule has 2 fully saturated rings. The summed E-state index contributed by atoms with van der Waals surface area (Å²) in [4.78, 5) is 24.5. The summed E-state index contributed by atoms with van der Waals surface area (Å²) in [5.41, 5.74) is 1.56. The molecule has 8 nitrogen and oxygen atoms in total. The van der Waals surface area contributed by atoms with Crippen LogP contribution in [0.25, 0.3) is 21.6 Å². The average molecular weight is 439 g/mol. The maximum atomic E-state index is 12.9. The van der Waals surface area contributed by atoms with Crippen LogP contribution in [0.15, 0.2) is 24.4 Å². The highest BCUT2D eigenvalue weighted by Gasteiger charge is 2.30. The number of aromatic nitrogens is 4. The molecule has 2 aliphatic rings. The summed E-state index contributed by atoms with van der Waals surface area (Å²) in [7, 11) is 0. The number of carbonyl (C=O) groups is 1. The second-order valence-electron chi connectivity index (χ2n) is 8.23. The van der Waals surface area contributed by atoms with Crippen molar-refractivity contribution in [3.63, 3.8) is 0 Å². The van der Waals surface area contributed by atoms with Gasteiger partial charge in [0.1, 0.15) is 16.5 Å². The van der Waals surface area contributed by atoms with Crippen molar-refractivity contribution < 1.29 is 9.53 Å². The van der Waals surface area contributed by atoms with Crippen LogP contribution < -0.4 is 5.32 Å². The quantitative estimate of drug-likeness (QED) is 0.668. The molecule has 1 amide bonds. The molecule has 0 spiro atoms. The maximum absolute atomic E-state index is 12.9. The Bertz CT molecular complexity index is 1070. The molecule has 5 rings (SSSR count). The minimum Gasteiger partial charge on any atom is -0.379 e. The largest absolute Gasteiger partial charge is 0.379 e. The van der Waals surface area contributed by atoms with E-state index in [1.807, 2.05) is 25.1 Å². The van der Waals surface area contributed by atoms with E-state index < -0.39 is 0 Å². The topological polar surface area (TPSA) is 93.1 Å². The Morgan fingerprint density at radius 3 is 2.71 bits per heavy atom. The van der Waals surface area contributed by atoms with Gasteiger partial charge < -0.3 is 10.1 Å². The van der Waals surface area contributed by atoms with Crippen molar-refractivity contribution >= 4 is 34.0 Å². The van der Waals surface area contributed by atoms with Crippen LogP contribution in [-0.2, 0) is 9.53 Å². The Balaban J connectivity index is 1.24. The number of nitrogens with one attached hydrogen (secondary N) is 1. The Hall–Kier alpha value is -2.49. The van der Waals surface area contributed by atoms with Gasteiger partial charge in [-0.3, -0.25) is 9.69 Å². The van der Waals surface area contributed by atoms with Gasteiger partial charge in [-0.25, -0.2) is 9.97 Å². The first kappa shape index (κ1) is 20.4. The number of nitrogens with zero attached hydrogens (tertiary/aromatic N) is 5. The van der Waals surface area contributed by atoms with Gasteiger partial charge in [0, 0.05) is 42.7 Å². The highest BCUT2D eigenvalue weighted by molar-refractivity contribution is 7.14. The Morgan fingerprint density at radius 2 is 1.97 bits per heavy atom. The van der Waals surface area contributed by atoms with E-state index in [2.05, 4.69) is 25.4 Å². The van der Waals surface area contributed by atoms with Gasteiger partial charge in [-0.05, 0) is 44.7 Å². The lowest BCUT2D eigenvalue weighted by Crippen LogP contribution is -2.45. The SMILES string of the molecule is Cc1nnc(-c2ccc3cnc(NC(=O)[C@H]4CC[C@H](N5CCOCC5)CC4)cc3n2)s1. The highest BCUT2D eigenvalue weighted by Crippen LogP contribution is 2.29. The third kappa shape index (κ3) is 4.58. The standard InChI is InChI=1S/C22H26N6O2S/c1-14-26-27-22(31-14)18-7-4-16-13-23-20(12-19(16)24-18)25-21(29)15-2-5-17(6-3-15)28-8-10-30-11-9-28/h4,7,12-13,15,17H,2-3,5-6,8-11H2,1H3,(H,23,25,29)/t15-,17-. The molecule has 162 valence electrons. The van der Waals surface area contributed by atoms with E-state index in [9.17, 15) is 4.79 Å². The highest BCUT2D eigenvalue weighted by atomic mass is 32.1. The lowest BCUT2D eigenvalue weighted by atomic mass is 9.84. The molecule has 0 aromatic carbocycles. The van der Waals surface area contributed by atoms with Gasteiger partial charge in [0.2, 0.25) is 5.91 Å². The zero-order valence-electron chi connectivity index (χ0n) is 17.6. The van der Waals surface area contributed by atoms with Crippen LogP contribution in [0.5, 0.6) is 0 Å². The zero-order valence-corrected chi connectivity index (χ0v) is 18.4. The number of anilines is 1. The van der Waals surface area contributed by atoms with Crippen LogP contribution in [0.2, 0.25) is 0 Å². The first-order valence-corrected chi connectivity index (χ1v) is 11.7. The van der Waals surface area contributed by atoms with E-state index in [-0.39, 0.29) is 11.8 Å². The predicted octanol–water partition coefficient (Wildman–Crippen LogP) is 3.29. The number of pyridine rings is 2. The van der Waals surface area contributed by atoms with Gasteiger partial charge in [0.15, 0.2) is 5.01 Å². The van der Waals surface area contributed by atoms with Crippen LogP contribution in [0.3, 0.4) is 0 Å². The van der Waals surface area contributed by atoms with Crippen LogP contribution in [-0.4, -0.2) is 63.3 Å². The first-order valence-electron chi connectivity index (χ1n) is 10.9. The molecule has 1 N–H and O–H groups in total. The Labute approximate surface area is 185 Å². The monoisotopic (exact) mass is 438 g/mol. The smallest absolute Gasteiger partial charge is 0.228 e. The summed E-state index contributed by atoms with van der Waals surface area (Å²) in [5.74, 6) is 0.646. The maximum Gasteiger partial charge on any atom is 0.228 e.